The molecule has 2 aromatic carbocycles. The van der Waals surface area contributed by atoms with Gasteiger partial charge >= 0.3 is 6.09 Å². The number of benzene rings is 2. The Morgan fingerprint density at radius 3 is 2.26 bits per heavy atom. The highest BCUT2D eigenvalue weighted by molar-refractivity contribution is 5.79. The Hall–Kier alpha value is -2.73. The molecule has 0 saturated heterocycles. The van der Waals surface area contributed by atoms with Crippen LogP contribution in [-0.2, 0) is 4.74 Å². The van der Waals surface area contributed by atoms with Gasteiger partial charge < -0.3 is 10.1 Å². The molecule has 0 saturated carbocycles. The number of fused-ring (bicyclic) bond motifs is 3. The molecule has 1 N–H and O–H groups in total. The van der Waals surface area contributed by atoms with E-state index in [2.05, 4.69) is 35.5 Å². The summed E-state index contributed by atoms with van der Waals surface area (Å²) in [5.74, 6) is 2.60. The number of amides is 1. The van der Waals surface area contributed by atoms with E-state index >= 15 is 0 Å². The molecule has 1 unspecified atom stereocenters. The van der Waals surface area contributed by atoms with E-state index in [4.69, 9.17) is 11.2 Å². The Balaban J connectivity index is 1.76. The second-order valence-corrected chi connectivity index (χ2v) is 5.60. The fourth-order valence-corrected chi connectivity index (χ4v) is 3.04. The van der Waals surface area contributed by atoms with E-state index in [0.717, 1.165) is 0 Å². The van der Waals surface area contributed by atoms with E-state index in [9.17, 15) is 4.79 Å². The number of alkyl carbamates (subject to hydrolysis) is 1. The normalized spacial score (nSPS) is 13.6. The molecule has 3 nitrogen and oxygen atoms in total. The molecule has 23 heavy (non-hydrogen) atoms. The van der Waals surface area contributed by atoms with E-state index < -0.39 is 6.09 Å². The Bertz CT molecular complexity index is 715. The van der Waals surface area contributed by atoms with Gasteiger partial charge in [0, 0.05) is 5.92 Å². The summed E-state index contributed by atoms with van der Waals surface area (Å²) in [6.07, 6.45) is 5.58. The topological polar surface area (TPSA) is 38.3 Å². The summed E-state index contributed by atoms with van der Waals surface area (Å²) in [6.45, 7) is 2.23. The first-order valence-electron chi connectivity index (χ1n) is 7.82. The number of carbonyl (C=O) groups excluding carboxylic acids is 1. The summed E-state index contributed by atoms with van der Waals surface area (Å²) in [7, 11) is 0. The van der Waals surface area contributed by atoms with Crippen LogP contribution in [0.25, 0.3) is 11.1 Å². The Morgan fingerprint density at radius 1 is 1.17 bits per heavy atom. The molecule has 1 amide bonds. The first-order chi connectivity index (χ1) is 11.2. The van der Waals surface area contributed by atoms with E-state index in [-0.39, 0.29) is 12.0 Å². The molecule has 0 fully saturated rings. The van der Waals surface area contributed by atoms with Gasteiger partial charge in [-0.1, -0.05) is 61.4 Å². The van der Waals surface area contributed by atoms with Crippen molar-refractivity contribution in [3.8, 4) is 23.5 Å². The summed E-state index contributed by atoms with van der Waals surface area (Å²) in [6, 6.07) is 16.2. The number of nitrogens with one attached hydrogen (secondary N) is 1. The zero-order chi connectivity index (χ0) is 16.2. The number of ether oxygens (including phenoxy) is 1. The SMILES string of the molecule is C#CC(CC)NC(=O)OCC1c2ccccc2-c2ccccc21. The number of rotatable bonds is 4. The minimum Gasteiger partial charge on any atom is -0.449 e. The fourth-order valence-electron chi connectivity index (χ4n) is 3.04. The van der Waals surface area contributed by atoms with Gasteiger partial charge in [-0.15, -0.1) is 6.42 Å². The average Bonchev–Trinajstić information content (AvgIpc) is 2.92. The lowest BCUT2D eigenvalue weighted by atomic mass is 9.98. The van der Waals surface area contributed by atoms with E-state index in [1.54, 1.807) is 0 Å². The van der Waals surface area contributed by atoms with Crippen molar-refractivity contribution in [2.45, 2.75) is 25.3 Å². The Morgan fingerprint density at radius 2 is 1.74 bits per heavy atom. The number of hydrogen-bond donors (Lipinski definition) is 1. The molecule has 0 heterocycles. The molecule has 3 heteroatoms. The van der Waals surface area contributed by atoms with Gasteiger partial charge in [-0.3, -0.25) is 0 Å². The summed E-state index contributed by atoms with van der Waals surface area (Å²) >= 11 is 0. The molecule has 3 rings (SSSR count). The van der Waals surface area contributed by atoms with Crippen LogP contribution in [0.1, 0.15) is 30.4 Å². The van der Waals surface area contributed by atoms with Crippen molar-refractivity contribution in [2.75, 3.05) is 6.61 Å². The maximum Gasteiger partial charge on any atom is 0.408 e. The molecule has 116 valence electrons. The third kappa shape index (κ3) is 2.93. The van der Waals surface area contributed by atoms with Crippen LogP contribution in [-0.4, -0.2) is 18.7 Å². The monoisotopic (exact) mass is 305 g/mol. The van der Waals surface area contributed by atoms with Crippen LogP contribution in [0.15, 0.2) is 48.5 Å². The second kappa shape index (κ2) is 6.58. The van der Waals surface area contributed by atoms with Crippen LogP contribution in [0.3, 0.4) is 0 Å². The molecule has 1 atom stereocenters. The predicted molar refractivity (Wildman–Crippen MR) is 91.1 cm³/mol. The Kier molecular flexibility index (Phi) is 4.34. The smallest absolute Gasteiger partial charge is 0.408 e. The minimum atomic E-state index is -0.461. The van der Waals surface area contributed by atoms with Crippen LogP contribution in [0, 0.1) is 12.3 Å². The van der Waals surface area contributed by atoms with Gasteiger partial charge in [0.15, 0.2) is 0 Å². The van der Waals surface area contributed by atoms with Crippen LogP contribution in [0.5, 0.6) is 0 Å². The summed E-state index contributed by atoms with van der Waals surface area (Å²) < 4.78 is 5.43. The number of carbonyl (C=O) groups is 1. The van der Waals surface area contributed by atoms with Crippen LogP contribution >= 0.6 is 0 Å². The maximum absolute atomic E-state index is 11.9. The lowest BCUT2D eigenvalue weighted by Gasteiger charge is -2.16. The highest BCUT2D eigenvalue weighted by Crippen LogP contribution is 2.44. The van der Waals surface area contributed by atoms with E-state index in [1.165, 1.54) is 22.3 Å². The zero-order valence-corrected chi connectivity index (χ0v) is 13.1. The summed E-state index contributed by atoms with van der Waals surface area (Å²) in [5.41, 5.74) is 4.83. The molecular formula is C20H19NO2. The van der Waals surface area contributed by atoms with Gasteiger partial charge in [0.1, 0.15) is 6.61 Å². The van der Waals surface area contributed by atoms with Crippen molar-refractivity contribution >= 4 is 6.09 Å². The number of hydrogen-bond acceptors (Lipinski definition) is 2. The van der Waals surface area contributed by atoms with Crippen LogP contribution in [0.4, 0.5) is 4.79 Å². The zero-order valence-electron chi connectivity index (χ0n) is 13.1. The van der Waals surface area contributed by atoms with Crippen molar-refractivity contribution < 1.29 is 9.53 Å². The molecule has 2 aromatic rings. The summed E-state index contributed by atoms with van der Waals surface area (Å²) in [4.78, 5) is 11.9. The third-order valence-corrected chi connectivity index (χ3v) is 4.25. The summed E-state index contributed by atoms with van der Waals surface area (Å²) in [5, 5.41) is 2.69. The van der Waals surface area contributed by atoms with Crippen molar-refractivity contribution in [2.24, 2.45) is 0 Å². The van der Waals surface area contributed by atoms with E-state index in [0.29, 0.717) is 13.0 Å². The van der Waals surface area contributed by atoms with Crippen molar-refractivity contribution in [3.05, 3.63) is 59.7 Å². The van der Waals surface area contributed by atoms with E-state index in [1.807, 2.05) is 31.2 Å². The lowest BCUT2D eigenvalue weighted by molar-refractivity contribution is 0.141. The van der Waals surface area contributed by atoms with Crippen LogP contribution in [0.2, 0.25) is 0 Å². The average molecular weight is 305 g/mol. The fraction of sp³-hybridized carbons (Fsp3) is 0.250. The maximum atomic E-state index is 11.9. The van der Waals surface area contributed by atoms with Gasteiger partial charge in [-0.25, -0.2) is 4.79 Å². The van der Waals surface area contributed by atoms with Crippen molar-refractivity contribution in [1.82, 2.24) is 5.32 Å². The molecular weight excluding hydrogens is 286 g/mol. The van der Waals surface area contributed by atoms with Crippen LogP contribution < -0.4 is 5.32 Å². The molecule has 0 spiro atoms. The first-order valence-corrected chi connectivity index (χ1v) is 7.82. The molecule has 0 bridgehead atoms. The predicted octanol–water partition coefficient (Wildman–Crippen LogP) is 3.94. The van der Waals surface area contributed by atoms with Gasteiger partial charge in [0.2, 0.25) is 0 Å². The standard InChI is InChI=1S/C20H19NO2/c1-3-14(4-2)21-20(22)23-13-19-17-11-7-5-9-15(17)16-10-6-8-12-18(16)19/h1,5-12,14,19H,4,13H2,2H3,(H,21,22). The van der Waals surface area contributed by atoms with Crippen molar-refractivity contribution in [1.29, 1.82) is 0 Å². The molecule has 0 radical (unpaired) electrons. The van der Waals surface area contributed by atoms with Gasteiger partial charge in [-0.05, 0) is 28.7 Å². The highest BCUT2D eigenvalue weighted by Gasteiger charge is 2.29. The quantitative estimate of drug-likeness (QED) is 0.869. The molecule has 0 aromatic heterocycles. The Labute approximate surface area is 136 Å². The first kappa shape index (κ1) is 15.2. The third-order valence-electron chi connectivity index (χ3n) is 4.25. The molecule has 1 aliphatic rings. The minimum absolute atomic E-state index is 0.0686. The second-order valence-electron chi connectivity index (χ2n) is 5.60. The molecule has 0 aliphatic heterocycles. The number of terminal acetylenes is 1. The lowest BCUT2D eigenvalue weighted by Crippen LogP contribution is -2.34. The van der Waals surface area contributed by atoms with Gasteiger partial charge in [0.25, 0.3) is 0 Å². The van der Waals surface area contributed by atoms with Gasteiger partial charge in [-0.2, -0.15) is 0 Å². The largest absolute Gasteiger partial charge is 0.449 e. The van der Waals surface area contributed by atoms with Crippen molar-refractivity contribution in [3.63, 3.8) is 0 Å². The highest BCUT2D eigenvalue weighted by atomic mass is 16.5. The molecule has 1 aliphatic carbocycles. The van der Waals surface area contributed by atoms with Gasteiger partial charge in [0.05, 0.1) is 6.04 Å².